The number of carbonyl (C=O) groups is 1. The summed E-state index contributed by atoms with van der Waals surface area (Å²) in [5.74, 6) is 0.485. The molecule has 1 aliphatic heterocycles. The molecular weight excluding hydrogens is 458 g/mol. The number of rotatable bonds is 11. The Morgan fingerprint density at radius 2 is 1.86 bits per heavy atom. The molecule has 0 aliphatic carbocycles. The van der Waals surface area contributed by atoms with Gasteiger partial charge in [0, 0.05) is 6.42 Å². The highest BCUT2D eigenvalue weighted by Crippen LogP contribution is 2.34. The average Bonchev–Trinajstić information content (AvgIpc) is 2.86. The Kier molecular flexibility index (Phi) is 9.90. The SMILES string of the molecule is CCCCOC1=CC(c2ccc(F)c(Cc3ccc(OC)cc3)c2)OC(COC(=O)OCC)C1F. The van der Waals surface area contributed by atoms with Gasteiger partial charge in [-0.15, -0.1) is 0 Å². The fourth-order valence-electron chi connectivity index (χ4n) is 3.66. The first-order valence-corrected chi connectivity index (χ1v) is 11.8. The van der Waals surface area contributed by atoms with Crippen LogP contribution in [-0.4, -0.2) is 45.4 Å². The van der Waals surface area contributed by atoms with E-state index in [4.69, 9.17) is 23.7 Å². The van der Waals surface area contributed by atoms with Gasteiger partial charge in [0.25, 0.3) is 0 Å². The first kappa shape index (κ1) is 26.5. The molecule has 2 aromatic rings. The van der Waals surface area contributed by atoms with Crippen LogP contribution in [0.15, 0.2) is 54.3 Å². The zero-order chi connectivity index (χ0) is 25.2. The molecule has 0 amide bonds. The van der Waals surface area contributed by atoms with Crippen molar-refractivity contribution in [3.05, 3.63) is 76.8 Å². The van der Waals surface area contributed by atoms with Gasteiger partial charge in [0.1, 0.15) is 36.1 Å². The van der Waals surface area contributed by atoms with E-state index in [9.17, 15) is 9.18 Å². The lowest BCUT2D eigenvalue weighted by atomic mass is 9.97. The quantitative estimate of drug-likeness (QED) is 0.281. The van der Waals surface area contributed by atoms with Crippen molar-refractivity contribution in [2.24, 2.45) is 0 Å². The van der Waals surface area contributed by atoms with Crippen LogP contribution in [0.4, 0.5) is 13.6 Å². The number of ether oxygens (including phenoxy) is 5. The largest absolute Gasteiger partial charge is 0.508 e. The van der Waals surface area contributed by atoms with Gasteiger partial charge in [-0.1, -0.05) is 31.5 Å². The van der Waals surface area contributed by atoms with Crippen LogP contribution in [0, 0.1) is 5.82 Å². The van der Waals surface area contributed by atoms with Crippen molar-refractivity contribution < 1.29 is 37.3 Å². The summed E-state index contributed by atoms with van der Waals surface area (Å²) in [6, 6.07) is 12.1. The third kappa shape index (κ3) is 7.42. The molecule has 0 saturated carbocycles. The molecule has 0 spiro atoms. The molecule has 3 atom stereocenters. The van der Waals surface area contributed by atoms with Gasteiger partial charge in [0.05, 0.1) is 20.3 Å². The number of methoxy groups -OCH3 is 1. The lowest BCUT2D eigenvalue weighted by Crippen LogP contribution is -2.38. The van der Waals surface area contributed by atoms with E-state index in [1.807, 2.05) is 31.2 Å². The average molecular weight is 491 g/mol. The highest BCUT2D eigenvalue weighted by Gasteiger charge is 2.36. The summed E-state index contributed by atoms with van der Waals surface area (Å²) in [6.45, 7) is 3.81. The maximum Gasteiger partial charge on any atom is 0.508 e. The van der Waals surface area contributed by atoms with E-state index in [1.54, 1.807) is 32.2 Å². The summed E-state index contributed by atoms with van der Waals surface area (Å²) < 4.78 is 56.3. The van der Waals surface area contributed by atoms with E-state index in [0.717, 1.165) is 24.2 Å². The smallest absolute Gasteiger partial charge is 0.497 e. The van der Waals surface area contributed by atoms with E-state index in [2.05, 4.69) is 0 Å². The fourth-order valence-corrected chi connectivity index (χ4v) is 3.66. The molecule has 0 radical (unpaired) electrons. The van der Waals surface area contributed by atoms with Crippen molar-refractivity contribution in [1.82, 2.24) is 0 Å². The van der Waals surface area contributed by atoms with Crippen LogP contribution < -0.4 is 4.74 Å². The number of unbranched alkanes of at least 4 members (excludes halogenated alkanes) is 1. The van der Waals surface area contributed by atoms with Gasteiger partial charge in [-0.25, -0.2) is 13.6 Å². The Balaban J connectivity index is 1.82. The van der Waals surface area contributed by atoms with Gasteiger partial charge in [-0.05, 0) is 60.4 Å². The molecule has 6 nitrogen and oxygen atoms in total. The Hall–Kier alpha value is -3.13. The van der Waals surface area contributed by atoms with Gasteiger partial charge in [0.2, 0.25) is 0 Å². The van der Waals surface area contributed by atoms with Gasteiger partial charge >= 0.3 is 6.16 Å². The van der Waals surface area contributed by atoms with Crippen molar-refractivity contribution in [3.8, 4) is 5.75 Å². The Morgan fingerprint density at radius 1 is 1.09 bits per heavy atom. The summed E-state index contributed by atoms with van der Waals surface area (Å²) in [7, 11) is 1.59. The third-order valence-corrected chi connectivity index (χ3v) is 5.58. The molecule has 3 unspecified atom stereocenters. The van der Waals surface area contributed by atoms with Gasteiger partial charge in [0.15, 0.2) is 6.17 Å². The molecule has 0 fully saturated rings. The normalized spacial score (nSPS) is 19.6. The second-order valence-electron chi connectivity index (χ2n) is 8.14. The molecular formula is C27H32F2O6. The first-order chi connectivity index (χ1) is 16.9. The topological polar surface area (TPSA) is 63.2 Å². The molecule has 35 heavy (non-hydrogen) atoms. The molecule has 2 aromatic carbocycles. The standard InChI is InChI=1S/C27H32F2O6/c1-4-6-13-33-24-16-23(35-25(26(24)29)17-34-27(30)32-5-2)19-9-12-22(28)20(15-19)14-18-7-10-21(31-3)11-8-18/h7-12,15-16,23,25-26H,4-6,13-14,17H2,1-3H3. The number of benzene rings is 2. The van der Waals surface area contributed by atoms with Crippen LogP contribution >= 0.6 is 0 Å². The van der Waals surface area contributed by atoms with Crippen LogP contribution in [-0.2, 0) is 25.4 Å². The van der Waals surface area contributed by atoms with Crippen LogP contribution in [0.2, 0.25) is 0 Å². The Morgan fingerprint density at radius 3 is 2.54 bits per heavy atom. The zero-order valence-corrected chi connectivity index (χ0v) is 20.3. The highest BCUT2D eigenvalue weighted by molar-refractivity contribution is 5.59. The third-order valence-electron chi connectivity index (χ3n) is 5.58. The molecule has 1 aliphatic rings. The van der Waals surface area contributed by atoms with Crippen LogP contribution in [0.3, 0.4) is 0 Å². The van der Waals surface area contributed by atoms with Crippen molar-refractivity contribution in [2.75, 3.05) is 26.9 Å². The predicted molar refractivity (Wildman–Crippen MR) is 127 cm³/mol. The minimum absolute atomic E-state index is 0.119. The Bertz CT molecular complexity index is 992. The summed E-state index contributed by atoms with van der Waals surface area (Å²) in [6.07, 6.45) is -0.727. The molecule has 0 N–H and O–H groups in total. The number of hydrogen-bond donors (Lipinski definition) is 0. The molecule has 0 aromatic heterocycles. The summed E-state index contributed by atoms with van der Waals surface area (Å²) in [5.41, 5.74) is 2.02. The van der Waals surface area contributed by atoms with E-state index in [1.165, 1.54) is 6.07 Å². The number of carbonyl (C=O) groups excluding carboxylic acids is 1. The van der Waals surface area contributed by atoms with Gasteiger partial charge < -0.3 is 23.7 Å². The van der Waals surface area contributed by atoms with E-state index in [-0.39, 0.29) is 24.8 Å². The number of halogens is 2. The predicted octanol–water partition coefficient (Wildman–Crippen LogP) is 6.08. The zero-order valence-electron chi connectivity index (χ0n) is 20.3. The van der Waals surface area contributed by atoms with Gasteiger partial charge in [-0.2, -0.15) is 0 Å². The van der Waals surface area contributed by atoms with E-state index < -0.39 is 24.5 Å². The van der Waals surface area contributed by atoms with Crippen molar-refractivity contribution in [3.63, 3.8) is 0 Å². The van der Waals surface area contributed by atoms with Crippen LogP contribution in [0.1, 0.15) is 49.5 Å². The minimum Gasteiger partial charge on any atom is -0.497 e. The van der Waals surface area contributed by atoms with Crippen LogP contribution in [0.25, 0.3) is 0 Å². The number of hydrogen-bond acceptors (Lipinski definition) is 6. The van der Waals surface area contributed by atoms with Crippen molar-refractivity contribution >= 4 is 6.16 Å². The molecule has 1 heterocycles. The highest BCUT2D eigenvalue weighted by atomic mass is 19.1. The van der Waals surface area contributed by atoms with E-state index >= 15 is 4.39 Å². The van der Waals surface area contributed by atoms with Crippen molar-refractivity contribution in [2.45, 2.75) is 51.5 Å². The molecule has 190 valence electrons. The summed E-state index contributed by atoms with van der Waals surface area (Å²) >= 11 is 0. The Labute approximate surface area is 204 Å². The maximum atomic E-state index is 15.1. The van der Waals surface area contributed by atoms with Crippen molar-refractivity contribution in [1.29, 1.82) is 0 Å². The lowest BCUT2D eigenvalue weighted by Gasteiger charge is -2.32. The molecule has 0 bridgehead atoms. The number of alkyl halides is 1. The summed E-state index contributed by atoms with van der Waals surface area (Å²) in [4.78, 5) is 11.6. The maximum absolute atomic E-state index is 15.1. The molecule has 0 saturated heterocycles. The lowest BCUT2D eigenvalue weighted by molar-refractivity contribution is -0.0888. The molecule has 8 heteroatoms. The second-order valence-corrected chi connectivity index (χ2v) is 8.14. The fraction of sp³-hybridized carbons (Fsp3) is 0.444. The minimum atomic E-state index is -1.61. The first-order valence-electron chi connectivity index (χ1n) is 11.8. The van der Waals surface area contributed by atoms with Gasteiger partial charge in [-0.3, -0.25) is 0 Å². The van der Waals surface area contributed by atoms with Crippen LogP contribution in [0.5, 0.6) is 5.75 Å². The molecule has 3 rings (SSSR count). The second kappa shape index (κ2) is 13.1. The van der Waals surface area contributed by atoms with E-state index in [0.29, 0.717) is 24.2 Å². The monoisotopic (exact) mass is 490 g/mol. The summed E-state index contributed by atoms with van der Waals surface area (Å²) in [5, 5.41) is 0.